The maximum Gasteiger partial charge on any atom is 0.228 e. The third-order valence-corrected chi connectivity index (χ3v) is 3.17. The third kappa shape index (κ3) is 4.03. The average molecular weight is 229 g/mol. The van der Waals surface area contributed by atoms with E-state index in [0.717, 1.165) is 12.2 Å². The van der Waals surface area contributed by atoms with E-state index >= 15 is 0 Å². The van der Waals surface area contributed by atoms with E-state index < -0.39 is 0 Å². The Labute approximate surface area is 93.2 Å². The first-order valence-electron chi connectivity index (χ1n) is 5.11. The summed E-state index contributed by atoms with van der Waals surface area (Å²) in [5.74, 6) is 0.370. The zero-order valence-electron chi connectivity index (χ0n) is 8.75. The number of Topliss-reactive ketones (excluding diaryl/α,β-unsaturated/α-hetero) is 1. The van der Waals surface area contributed by atoms with E-state index in [2.05, 4.69) is 5.32 Å². The number of carbonyl (C=O) groups excluding carboxylic acids is 3. The molecule has 1 fully saturated rings. The average Bonchev–Trinajstić information content (AvgIpc) is 2.52. The standard InChI is InChI=1S/C10H15NO3S/c1-2-3-7(12)6-9(13)11-8-4-5-15-10(8)14/h8H,2-6H2,1H3,(H,11,13)/t8-/m0/s1. The molecule has 1 aliphatic heterocycles. The number of nitrogens with one attached hydrogen (secondary N) is 1. The Morgan fingerprint density at radius 2 is 2.27 bits per heavy atom. The fourth-order valence-electron chi connectivity index (χ4n) is 1.42. The topological polar surface area (TPSA) is 63.2 Å². The summed E-state index contributed by atoms with van der Waals surface area (Å²) in [7, 11) is 0. The Morgan fingerprint density at radius 1 is 1.53 bits per heavy atom. The molecule has 1 saturated heterocycles. The van der Waals surface area contributed by atoms with Crippen LogP contribution in [-0.4, -0.2) is 28.6 Å². The van der Waals surface area contributed by atoms with Crippen LogP contribution in [0.1, 0.15) is 32.6 Å². The molecule has 4 nitrogen and oxygen atoms in total. The Hall–Kier alpha value is -0.840. The first kappa shape index (κ1) is 12.2. The highest BCUT2D eigenvalue weighted by Gasteiger charge is 2.26. The van der Waals surface area contributed by atoms with Gasteiger partial charge in [0.1, 0.15) is 5.78 Å². The van der Waals surface area contributed by atoms with Crippen LogP contribution in [0.25, 0.3) is 0 Å². The van der Waals surface area contributed by atoms with Crippen LogP contribution in [-0.2, 0) is 14.4 Å². The van der Waals surface area contributed by atoms with E-state index in [9.17, 15) is 14.4 Å². The van der Waals surface area contributed by atoms with Crippen LogP contribution in [0.15, 0.2) is 0 Å². The number of rotatable bonds is 5. The van der Waals surface area contributed by atoms with Crippen LogP contribution in [0, 0.1) is 0 Å². The van der Waals surface area contributed by atoms with Gasteiger partial charge in [0.15, 0.2) is 0 Å². The molecule has 0 aromatic carbocycles. The minimum Gasteiger partial charge on any atom is -0.345 e. The van der Waals surface area contributed by atoms with Crippen molar-refractivity contribution < 1.29 is 14.4 Å². The zero-order valence-corrected chi connectivity index (χ0v) is 9.56. The van der Waals surface area contributed by atoms with Gasteiger partial charge in [-0.3, -0.25) is 14.4 Å². The molecular formula is C10H15NO3S. The predicted molar refractivity (Wildman–Crippen MR) is 58.5 cm³/mol. The molecule has 84 valence electrons. The number of carbonyl (C=O) groups is 3. The van der Waals surface area contributed by atoms with Crippen LogP contribution in [0.4, 0.5) is 0 Å². The van der Waals surface area contributed by atoms with Gasteiger partial charge in [-0.15, -0.1) is 0 Å². The van der Waals surface area contributed by atoms with Gasteiger partial charge in [0.05, 0.1) is 12.5 Å². The summed E-state index contributed by atoms with van der Waals surface area (Å²) < 4.78 is 0. The second-order valence-electron chi connectivity index (χ2n) is 3.54. The van der Waals surface area contributed by atoms with E-state index in [1.807, 2.05) is 6.92 Å². The molecular weight excluding hydrogens is 214 g/mol. The molecule has 1 aliphatic rings. The van der Waals surface area contributed by atoms with E-state index in [1.54, 1.807) is 0 Å². The van der Waals surface area contributed by atoms with E-state index in [1.165, 1.54) is 11.8 Å². The Balaban J connectivity index is 2.29. The highest BCUT2D eigenvalue weighted by atomic mass is 32.2. The molecule has 0 aromatic heterocycles. The zero-order chi connectivity index (χ0) is 11.3. The monoisotopic (exact) mass is 229 g/mol. The first-order valence-corrected chi connectivity index (χ1v) is 6.09. The molecule has 1 atom stereocenters. The lowest BCUT2D eigenvalue weighted by Gasteiger charge is -2.09. The van der Waals surface area contributed by atoms with Crippen LogP contribution >= 0.6 is 11.8 Å². The largest absolute Gasteiger partial charge is 0.345 e. The second-order valence-corrected chi connectivity index (χ2v) is 4.64. The summed E-state index contributed by atoms with van der Waals surface area (Å²) in [4.78, 5) is 33.7. The van der Waals surface area contributed by atoms with E-state index in [-0.39, 0.29) is 29.3 Å². The highest BCUT2D eigenvalue weighted by molar-refractivity contribution is 8.14. The van der Waals surface area contributed by atoms with E-state index in [4.69, 9.17) is 0 Å². The summed E-state index contributed by atoms with van der Waals surface area (Å²) in [6.07, 6.45) is 1.77. The Morgan fingerprint density at radius 3 is 2.80 bits per heavy atom. The quantitative estimate of drug-likeness (QED) is 0.711. The van der Waals surface area contributed by atoms with Crippen molar-refractivity contribution in [3.8, 4) is 0 Å². The molecule has 1 rings (SSSR count). The van der Waals surface area contributed by atoms with E-state index in [0.29, 0.717) is 12.8 Å². The van der Waals surface area contributed by atoms with Gasteiger partial charge in [0.2, 0.25) is 11.0 Å². The highest BCUT2D eigenvalue weighted by Crippen LogP contribution is 2.19. The summed E-state index contributed by atoms with van der Waals surface area (Å²) in [6, 6.07) is -0.378. The van der Waals surface area contributed by atoms with Gasteiger partial charge in [-0.05, 0) is 12.8 Å². The minimum absolute atomic E-state index is 0.00582. The SMILES string of the molecule is CCCC(=O)CC(=O)N[C@H]1CCSC1=O. The van der Waals surface area contributed by atoms with Crippen LogP contribution < -0.4 is 5.32 Å². The van der Waals surface area contributed by atoms with Crippen molar-refractivity contribution in [2.75, 3.05) is 5.75 Å². The number of hydrogen-bond acceptors (Lipinski definition) is 4. The molecule has 1 heterocycles. The molecule has 0 radical (unpaired) electrons. The third-order valence-electron chi connectivity index (χ3n) is 2.16. The van der Waals surface area contributed by atoms with Crippen molar-refractivity contribution >= 4 is 28.6 Å². The number of hydrogen-bond donors (Lipinski definition) is 1. The number of ketones is 1. The summed E-state index contributed by atoms with van der Waals surface area (Å²) in [5, 5.41) is 2.59. The van der Waals surface area contributed by atoms with Crippen molar-refractivity contribution in [2.24, 2.45) is 0 Å². The molecule has 15 heavy (non-hydrogen) atoms. The molecule has 0 unspecified atom stereocenters. The lowest BCUT2D eigenvalue weighted by atomic mass is 10.1. The lowest BCUT2D eigenvalue weighted by molar-refractivity contribution is -0.130. The maximum atomic E-state index is 11.3. The van der Waals surface area contributed by atoms with Crippen LogP contribution in [0.2, 0.25) is 0 Å². The molecule has 0 spiro atoms. The smallest absolute Gasteiger partial charge is 0.228 e. The van der Waals surface area contributed by atoms with Crippen molar-refractivity contribution in [3.05, 3.63) is 0 Å². The van der Waals surface area contributed by atoms with Crippen molar-refractivity contribution in [1.29, 1.82) is 0 Å². The second kappa shape index (κ2) is 5.90. The van der Waals surface area contributed by atoms with Gasteiger partial charge in [0.25, 0.3) is 0 Å². The van der Waals surface area contributed by atoms with Crippen LogP contribution in [0.3, 0.4) is 0 Å². The van der Waals surface area contributed by atoms with Crippen LogP contribution in [0.5, 0.6) is 0 Å². The minimum atomic E-state index is -0.378. The lowest BCUT2D eigenvalue weighted by Crippen LogP contribution is -2.38. The van der Waals surface area contributed by atoms with Gasteiger partial charge in [0, 0.05) is 12.2 Å². The molecule has 0 aliphatic carbocycles. The normalized spacial score (nSPS) is 20.3. The van der Waals surface area contributed by atoms with Crippen molar-refractivity contribution in [2.45, 2.75) is 38.6 Å². The molecule has 0 saturated carbocycles. The fourth-order valence-corrected chi connectivity index (χ4v) is 2.35. The van der Waals surface area contributed by atoms with Gasteiger partial charge < -0.3 is 5.32 Å². The van der Waals surface area contributed by atoms with Crippen molar-refractivity contribution in [3.63, 3.8) is 0 Å². The van der Waals surface area contributed by atoms with Gasteiger partial charge >= 0.3 is 0 Å². The maximum absolute atomic E-state index is 11.3. The molecule has 0 bridgehead atoms. The van der Waals surface area contributed by atoms with Crippen molar-refractivity contribution in [1.82, 2.24) is 5.32 Å². The summed E-state index contributed by atoms with van der Waals surface area (Å²) in [6.45, 7) is 1.90. The van der Waals surface area contributed by atoms with Gasteiger partial charge in [-0.1, -0.05) is 18.7 Å². The Bertz CT molecular complexity index is 278. The molecule has 1 amide bonds. The van der Waals surface area contributed by atoms with Gasteiger partial charge in [-0.2, -0.15) is 0 Å². The number of thioether (sulfide) groups is 1. The molecule has 0 aromatic rings. The molecule has 1 N–H and O–H groups in total. The predicted octanol–water partition coefficient (Wildman–Crippen LogP) is 0.894. The number of amides is 1. The first-order chi connectivity index (χ1) is 7.13. The summed E-state index contributed by atoms with van der Waals surface area (Å²) in [5.41, 5.74) is 0. The Kier molecular flexibility index (Phi) is 4.81. The summed E-state index contributed by atoms with van der Waals surface area (Å²) >= 11 is 1.24. The van der Waals surface area contributed by atoms with Gasteiger partial charge in [-0.25, -0.2) is 0 Å². The fraction of sp³-hybridized carbons (Fsp3) is 0.700. The molecule has 5 heteroatoms.